The molecule has 0 spiro atoms. The number of aromatic carboxylic acids is 1. The van der Waals surface area contributed by atoms with Gasteiger partial charge in [-0.15, -0.1) is 0 Å². The molecule has 29 heavy (non-hydrogen) atoms. The van der Waals surface area contributed by atoms with Crippen molar-refractivity contribution < 1.29 is 19.4 Å². The van der Waals surface area contributed by atoms with E-state index in [9.17, 15) is 14.7 Å². The summed E-state index contributed by atoms with van der Waals surface area (Å²) in [6.45, 7) is 0. The van der Waals surface area contributed by atoms with Gasteiger partial charge in [-0.3, -0.25) is 4.79 Å². The Morgan fingerprint density at radius 3 is 2.83 bits per heavy atom. The monoisotopic (exact) mass is 388 g/mol. The second-order valence-electron chi connectivity index (χ2n) is 6.83. The summed E-state index contributed by atoms with van der Waals surface area (Å²) in [5.41, 5.74) is 2.20. The highest BCUT2D eigenvalue weighted by molar-refractivity contribution is 6.14. The Morgan fingerprint density at radius 2 is 2.03 bits per heavy atom. The van der Waals surface area contributed by atoms with Crippen molar-refractivity contribution in [2.24, 2.45) is 0 Å². The number of H-pyrrole nitrogens is 2. The second kappa shape index (κ2) is 6.56. The predicted octanol–water partition coefficient (Wildman–Crippen LogP) is 4.17. The van der Waals surface area contributed by atoms with Crippen molar-refractivity contribution >= 4 is 33.5 Å². The van der Waals surface area contributed by atoms with Crippen LogP contribution in [0.2, 0.25) is 0 Å². The Morgan fingerprint density at radius 1 is 1.17 bits per heavy atom. The molecule has 3 aromatic rings. The zero-order valence-corrected chi connectivity index (χ0v) is 15.2. The van der Waals surface area contributed by atoms with Gasteiger partial charge < -0.3 is 24.5 Å². The number of pyridine rings is 1. The molecule has 2 aromatic heterocycles. The molecule has 1 aliphatic carbocycles. The average Bonchev–Trinajstić information content (AvgIpc) is 3.21. The topological polar surface area (TPSA) is 104 Å². The number of allylic oxidation sites excluding steroid dienone is 4. The molecule has 144 valence electrons. The van der Waals surface area contributed by atoms with Gasteiger partial charge in [0.1, 0.15) is 18.0 Å². The first-order chi connectivity index (χ1) is 14.1. The van der Waals surface area contributed by atoms with Gasteiger partial charge in [0, 0.05) is 28.0 Å². The molecule has 0 bridgehead atoms. The molecule has 1 aromatic carbocycles. The quantitative estimate of drug-likeness (QED) is 0.625. The molecular formula is C22H16N2O5. The summed E-state index contributed by atoms with van der Waals surface area (Å²) in [5.74, 6) is 0.0468. The maximum Gasteiger partial charge on any atom is 0.337 e. The number of carbonyl (C=O) groups is 1. The van der Waals surface area contributed by atoms with Crippen molar-refractivity contribution in [2.45, 2.75) is 12.8 Å². The lowest BCUT2D eigenvalue weighted by Crippen LogP contribution is -2.07. The lowest BCUT2D eigenvalue weighted by atomic mass is 10.0. The maximum atomic E-state index is 12.3. The first kappa shape index (κ1) is 17.1. The van der Waals surface area contributed by atoms with Gasteiger partial charge >= 0.3 is 5.97 Å². The number of fused-ring (bicyclic) bond motifs is 3. The van der Waals surface area contributed by atoms with Crippen LogP contribution in [0.5, 0.6) is 0 Å². The Bertz CT molecular complexity index is 1350. The molecule has 7 heteroatoms. The first-order valence-electron chi connectivity index (χ1n) is 9.12. The molecule has 0 fully saturated rings. The summed E-state index contributed by atoms with van der Waals surface area (Å²) >= 11 is 0. The van der Waals surface area contributed by atoms with Crippen LogP contribution in [0.1, 0.15) is 28.8 Å². The highest BCUT2D eigenvalue weighted by Gasteiger charge is 2.20. The number of aromatic amines is 2. The van der Waals surface area contributed by atoms with Crippen LogP contribution in [-0.2, 0) is 9.47 Å². The van der Waals surface area contributed by atoms with Crippen LogP contribution >= 0.6 is 0 Å². The van der Waals surface area contributed by atoms with Crippen molar-refractivity contribution in [3.8, 4) is 0 Å². The highest BCUT2D eigenvalue weighted by Crippen LogP contribution is 2.33. The smallest absolute Gasteiger partial charge is 0.337 e. The Hall–Kier alpha value is -4.00. The predicted molar refractivity (Wildman–Crippen MR) is 108 cm³/mol. The molecule has 0 saturated carbocycles. The van der Waals surface area contributed by atoms with E-state index in [4.69, 9.17) is 9.47 Å². The van der Waals surface area contributed by atoms with E-state index < -0.39 is 5.97 Å². The minimum absolute atomic E-state index is 0.0442. The molecule has 3 heterocycles. The molecular weight excluding hydrogens is 372 g/mol. The fraction of sp³-hybridized carbons (Fsp3) is 0.0909. The molecule has 0 radical (unpaired) electrons. The molecule has 0 saturated heterocycles. The largest absolute Gasteiger partial charge is 0.478 e. The average molecular weight is 388 g/mol. The molecule has 2 aliphatic rings. The third-order valence-corrected chi connectivity index (χ3v) is 5.06. The fourth-order valence-corrected chi connectivity index (χ4v) is 3.65. The Labute approximate surface area is 164 Å². The Balaban J connectivity index is 1.61. The van der Waals surface area contributed by atoms with Gasteiger partial charge in [-0.05, 0) is 36.6 Å². The number of benzene rings is 1. The van der Waals surface area contributed by atoms with E-state index in [-0.39, 0.29) is 16.6 Å². The number of rotatable bonds is 3. The van der Waals surface area contributed by atoms with E-state index in [0.29, 0.717) is 33.4 Å². The van der Waals surface area contributed by atoms with Crippen LogP contribution in [0.3, 0.4) is 0 Å². The summed E-state index contributed by atoms with van der Waals surface area (Å²) < 4.78 is 11.6. The van der Waals surface area contributed by atoms with Crippen molar-refractivity contribution in [3.05, 3.63) is 88.0 Å². The van der Waals surface area contributed by atoms with Crippen LogP contribution < -0.4 is 5.56 Å². The SMILES string of the molecule is O=C(O)c1c[nH]c2c(=O)[nH]c3ccc(C4=COC=C(C5=CC=CCC5)O4)cc3c12. The fourth-order valence-electron chi connectivity index (χ4n) is 3.65. The first-order valence-corrected chi connectivity index (χ1v) is 9.12. The van der Waals surface area contributed by atoms with E-state index in [1.807, 2.05) is 12.2 Å². The molecule has 0 amide bonds. The maximum absolute atomic E-state index is 12.3. The summed E-state index contributed by atoms with van der Waals surface area (Å²) in [6.07, 6.45) is 12.3. The number of aromatic nitrogens is 2. The van der Waals surface area contributed by atoms with Gasteiger partial charge in [-0.2, -0.15) is 0 Å². The van der Waals surface area contributed by atoms with Crippen molar-refractivity contribution in [1.82, 2.24) is 9.97 Å². The molecule has 1 aliphatic heterocycles. The third-order valence-electron chi connectivity index (χ3n) is 5.06. The van der Waals surface area contributed by atoms with Crippen LogP contribution in [0.15, 0.2) is 71.3 Å². The van der Waals surface area contributed by atoms with Crippen LogP contribution in [0, 0.1) is 0 Å². The number of nitrogens with one attached hydrogen (secondary N) is 2. The summed E-state index contributed by atoms with van der Waals surface area (Å²) in [7, 11) is 0. The van der Waals surface area contributed by atoms with E-state index in [0.717, 1.165) is 18.4 Å². The molecule has 0 unspecified atom stereocenters. The van der Waals surface area contributed by atoms with Gasteiger partial charge in [0.25, 0.3) is 5.56 Å². The van der Waals surface area contributed by atoms with E-state index in [2.05, 4.69) is 16.0 Å². The van der Waals surface area contributed by atoms with Crippen molar-refractivity contribution in [2.75, 3.05) is 0 Å². The van der Waals surface area contributed by atoms with E-state index in [1.165, 1.54) is 12.5 Å². The lowest BCUT2D eigenvalue weighted by molar-refractivity contribution is 0.0699. The number of hydrogen-bond donors (Lipinski definition) is 3. The van der Waals surface area contributed by atoms with Gasteiger partial charge in [0.2, 0.25) is 0 Å². The molecule has 5 rings (SSSR count). The summed E-state index contributed by atoms with van der Waals surface area (Å²) in [4.78, 5) is 29.4. The van der Waals surface area contributed by atoms with Gasteiger partial charge in [-0.1, -0.05) is 18.2 Å². The number of carboxylic acids is 1. The Kier molecular flexibility index (Phi) is 3.87. The standard InChI is InChI=1S/C22H16N2O5/c25-21-20-19(15(9-23-20)22(26)27)14-8-13(6-7-16(14)24-21)18-11-28-10-17(29-18)12-4-2-1-3-5-12/h1-2,4,6-11,23H,3,5H2,(H,24,25)(H,26,27). The molecule has 7 nitrogen and oxygen atoms in total. The van der Waals surface area contributed by atoms with Gasteiger partial charge in [0.15, 0.2) is 11.5 Å². The number of carboxylic acid groups (broad SMARTS) is 1. The zero-order valence-electron chi connectivity index (χ0n) is 15.2. The van der Waals surface area contributed by atoms with Crippen molar-refractivity contribution in [3.63, 3.8) is 0 Å². The minimum Gasteiger partial charge on any atom is -0.478 e. The summed E-state index contributed by atoms with van der Waals surface area (Å²) in [5, 5.41) is 10.5. The number of hydrogen-bond acceptors (Lipinski definition) is 4. The zero-order chi connectivity index (χ0) is 20.0. The molecule has 3 N–H and O–H groups in total. The van der Waals surface area contributed by atoms with Gasteiger partial charge in [-0.25, -0.2) is 4.79 Å². The van der Waals surface area contributed by atoms with Crippen LogP contribution in [0.25, 0.3) is 27.6 Å². The van der Waals surface area contributed by atoms with E-state index in [1.54, 1.807) is 24.5 Å². The summed E-state index contributed by atoms with van der Waals surface area (Å²) in [6, 6.07) is 5.32. The van der Waals surface area contributed by atoms with Crippen molar-refractivity contribution in [1.29, 1.82) is 0 Å². The van der Waals surface area contributed by atoms with Crippen LogP contribution in [0.4, 0.5) is 0 Å². The highest BCUT2D eigenvalue weighted by atomic mass is 16.5. The normalized spacial score (nSPS) is 16.1. The third kappa shape index (κ3) is 2.84. The van der Waals surface area contributed by atoms with Crippen LogP contribution in [-0.4, -0.2) is 21.0 Å². The second-order valence-corrected chi connectivity index (χ2v) is 6.83. The van der Waals surface area contributed by atoms with Gasteiger partial charge in [0.05, 0.1) is 5.56 Å². The van der Waals surface area contributed by atoms with E-state index >= 15 is 0 Å². The minimum atomic E-state index is -1.10. The lowest BCUT2D eigenvalue weighted by Gasteiger charge is -2.20. The number of ether oxygens (including phenoxy) is 2. The molecule has 0 atom stereocenters.